The van der Waals surface area contributed by atoms with Gasteiger partial charge in [0.15, 0.2) is 0 Å². The van der Waals surface area contributed by atoms with E-state index >= 15 is 0 Å². The van der Waals surface area contributed by atoms with E-state index in [4.69, 9.17) is 4.74 Å². The zero-order valence-corrected chi connectivity index (χ0v) is 14.7. The summed E-state index contributed by atoms with van der Waals surface area (Å²) in [6.45, 7) is 11.2. The van der Waals surface area contributed by atoms with Crippen molar-refractivity contribution in [2.24, 2.45) is 5.41 Å². The molecule has 0 aliphatic heterocycles. The van der Waals surface area contributed by atoms with Crippen LogP contribution in [-0.2, 0) is 9.53 Å². The van der Waals surface area contributed by atoms with E-state index in [1.807, 2.05) is 13.0 Å². The van der Waals surface area contributed by atoms with E-state index in [9.17, 15) is 4.79 Å². The van der Waals surface area contributed by atoms with Crippen LogP contribution in [0.4, 0.5) is 0 Å². The van der Waals surface area contributed by atoms with Gasteiger partial charge in [0.25, 0.3) is 0 Å². The van der Waals surface area contributed by atoms with Gasteiger partial charge >= 0.3 is 5.97 Å². The Morgan fingerprint density at radius 2 is 2.00 bits per heavy atom. The third-order valence-electron chi connectivity index (χ3n) is 4.24. The number of carbonyl (C=O) groups is 1. The molecule has 0 bridgehead atoms. The topological polar surface area (TPSA) is 26.3 Å². The Morgan fingerprint density at radius 3 is 2.59 bits per heavy atom. The van der Waals surface area contributed by atoms with Gasteiger partial charge in [-0.1, -0.05) is 50.6 Å². The summed E-state index contributed by atoms with van der Waals surface area (Å²) in [5.74, 6) is -0.287. The first kappa shape index (κ1) is 18.5. The zero-order chi connectivity index (χ0) is 16.6. The van der Waals surface area contributed by atoms with Crippen LogP contribution in [0.25, 0.3) is 0 Å². The van der Waals surface area contributed by atoms with Crippen LogP contribution < -0.4 is 0 Å². The molecule has 0 saturated carbocycles. The van der Waals surface area contributed by atoms with Crippen LogP contribution in [0.2, 0.25) is 0 Å². The molecule has 0 saturated heterocycles. The summed E-state index contributed by atoms with van der Waals surface area (Å²) in [6.07, 6.45) is 14.4. The van der Waals surface area contributed by atoms with Crippen molar-refractivity contribution in [3.05, 3.63) is 47.1 Å². The van der Waals surface area contributed by atoms with Crippen LogP contribution in [0.5, 0.6) is 0 Å². The van der Waals surface area contributed by atoms with Crippen molar-refractivity contribution in [3.8, 4) is 0 Å². The summed E-state index contributed by atoms with van der Waals surface area (Å²) in [7, 11) is 0. The summed E-state index contributed by atoms with van der Waals surface area (Å²) < 4.78 is 4.87. The average molecular weight is 302 g/mol. The van der Waals surface area contributed by atoms with E-state index in [2.05, 4.69) is 39.8 Å². The predicted octanol–water partition coefficient (Wildman–Crippen LogP) is 5.52. The highest BCUT2D eigenvalue weighted by Crippen LogP contribution is 2.40. The SMILES string of the molecule is CCOC(=O)\C=C/C=C(/C=C/C1=C(C)CCCC1(C)C)CC. The largest absolute Gasteiger partial charge is 0.463 e. The number of ether oxygens (including phenoxy) is 1. The lowest BCUT2D eigenvalue weighted by atomic mass is 9.72. The van der Waals surface area contributed by atoms with Crippen molar-refractivity contribution in [1.29, 1.82) is 0 Å². The summed E-state index contributed by atoms with van der Waals surface area (Å²) in [5.41, 5.74) is 4.44. The molecule has 0 fully saturated rings. The van der Waals surface area contributed by atoms with Gasteiger partial charge in [-0.15, -0.1) is 0 Å². The first-order valence-electron chi connectivity index (χ1n) is 8.33. The number of carbonyl (C=O) groups excluding carboxylic acids is 1. The molecular weight excluding hydrogens is 272 g/mol. The minimum Gasteiger partial charge on any atom is -0.463 e. The fraction of sp³-hybridized carbons (Fsp3) is 0.550. The summed E-state index contributed by atoms with van der Waals surface area (Å²) in [6, 6.07) is 0. The Labute approximate surface area is 135 Å². The molecule has 0 aromatic carbocycles. The standard InChI is InChI=1S/C20H30O2/c1-6-17(11-8-12-19(21)22-7-2)13-14-18-16(3)10-9-15-20(18,4)5/h8,11-14H,6-7,9-10,15H2,1-5H3/b12-8-,14-13+,17-11+. The van der Waals surface area contributed by atoms with E-state index in [-0.39, 0.29) is 11.4 Å². The van der Waals surface area contributed by atoms with Crippen LogP contribution in [0, 0.1) is 5.41 Å². The quantitative estimate of drug-likeness (QED) is 0.366. The van der Waals surface area contributed by atoms with E-state index in [1.54, 1.807) is 6.08 Å². The highest BCUT2D eigenvalue weighted by molar-refractivity contribution is 5.82. The molecule has 0 heterocycles. The van der Waals surface area contributed by atoms with Crippen LogP contribution >= 0.6 is 0 Å². The second-order valence-corrected chi connectivity index (χ2v) is 6.47. The van der Waals surface area contributed by atoms with E-state index in [0.29, 0.717) is 6.61 Å². The maximum Gasteiger partial charge on any atom is 0.330 e. The van der Waals surface area contributed by atoms with Gasteiger partial charge in [0.2, 0.25) is 0 Å². The number of hydrogen-bond acceptors (Lipinski definition) is 2. The third kappa shape index (κ3) is 5.67. The first-order chi connectivity index (χ1) is 10.4. The molecule has 2 nitrogen and oxygen atoms in total. The van der Waals surface area contributed by atoms with E-state index in [0.717, 1.165) is 6.42 Å². The van der Waals surface area contributed by atoms with Crippen molar-refractivity contribution in [2.75, 3.05) is 6.61 Å². The second kappa shape index (κ2) is 8.77. The van der Waals surface area contributed by atoms with E-state index in [1.165, 1.54) is 42.1 Å². The molecule has 2 heteroatoms. The van der Waals surface area contributed by atoms with Gasteiger partial charge < -0.3 is 4.74 Å². The highest BCUT2D eigenvalue weighted by atomic mass is 16.5. The van der Waals surface area contributed by atoms with Gasteiger partial charge in [0.1, 0.15) is 0 Å². The van der Waals surface area contributed by atoms with Crippen molar-refractivity contribution in [1.82, 2.24) is 0 Å². The molecular formula is C20H30O2. The Kier molecular flexibility index (Phi) is 7.37. The summed E-state index contributed by atoms with van der Waals surface area (Å²) in [5, 5.41) is 0. The van der Waals surface area contributed by atoms with Crippen LogP contribution in [0.15, 0.2) is 47.1 Å². The van der Waals surface area contributed by atoms with Gasteiger partial charge in [-0.3, -0.25) is 0 Å². The number of allylic oxidation sites excluding steroid dienone is 7. The van der Waals surface area contributed by atoms with Crippen LogP contribution in [0.3, 0.4) is 0 Å². The molecule has 0 aromatic rings. The lowest BCUT2D eigenvalue weighted by Gasteiger charge is -2.33. The lowest BCUT2D eigenvalue weighted by Crippen LogP contribution is -2.19. The molecule has 0 spiro atoms. The molecule has 1 aliphatic rings. The van der Waals surface area contributed by atoms with Gasteiger partial charge in [0.05, 0.1) is 6.61 Å². The highest BCUT2D eigenvalue weighted by Gasteiger charge is 2.26. The smallest absolute Gasteiger partial charge is 0.330 e. The first-order valence-corrected chi connectivity index (χ1v) is 8.33. The maximum absolute atomic E-state index is 11.3. The lowest BCUT2D eigenvalue weighted by molar-refractivity contribution is -0.137. The third-order valence-corrected chi connectivity index (χ3v) is 4.24. The Morgan fingerprint density at radius 1 is 1.27 bits per heavy atom. The minimum atomic E-state index is -0.287. The Bertz CT molecular complexity index is 502. The normalized spacial score (nSPS) is 19.2. The molecule has 1 rings (SSSR count). The minimum absolute atomic E-state index is 0.262. The van der Waals surface area contributed by atoms with Crippen molar-refractivity contribution in [3.63, 3.8) is 0 Å². The molecule has 0 amide bonds. The molecule has 0 unspecified atom stereocenters. The molecule has 22 heavy (non-hydrogen) atoms. The number of esters is 1. The second-order valence-electron chi connectivity index (χ2n) is 6.47. The summed E-state index contributed by atoms with van der Waals surface area (Å²) in [4.78, 5) is 11.3. The molecule has 1 aliphatic carbocycles. The maximum atomic E-state index is 11.3. The molecule has 0 aromatic heterocycles. The predicted molar refractivity (Wildman–Crippen MR) is 93.6 cm³/mol. The fourth-order valence-corrected chi connectivity index (χ4v) is 2.93. The number of rotatable bonds is 6. The Hall–Kier alpha value is -1.57. The van der Waals surface area contributed by atoms with Crippen LogP contribution in [-0.4, -0.2) is 12.6 Å². The van der Waals surface area contributed by atoms with Gasteiger partial charge in [0, 0.05) is 6.08 Å². The van der Waals surface area contributed by atoms with Crippen molar-refractivity contribution >= 4 is 5.97 Å². The van der Waals surface area contributed by atoms with Crippen molar-refractivity contribution in [2.45, 2.75) is 60.3 Å². The van der Waals surface area contributed by atoms with E-state index < -0.39 is 0 Å². The fourth-order valence-electron chi connectivity index (χ4n) is 2.93. The van der Waals surface area contributed by atoms with Crippen molar-refractivity contribution < 1.29 is 9.53 Å². The molecule has 0 N–H and O–H groups in total. The molecule has 122 valence electrons. The Balaban J connectivity index is 2.83. The average Bonchev–Trinajstić information content (AvgIpc) is 2.44. The van der Waals surface area contributed by atoms with Crippen LogP contribution in [0.1, 0.15) is 60.3 Å². The van der Waals surface area contributed by atoms with Gasteiger partial charge in [-0.25, -0.2) is 4.79 Å². The molecule has 0 radical (unpaired) electrons. The van der Waals surface area contributed by atoms with Gasteiger partial charge in [-0.2, -0.15) is 0 Å². The zero-order valence-electron chi connectivity index (χ0n) is 14.7. The van der Waals surface area contributed by atoms with Gasteiger partial charge in [-0.05, 0) is 56.1 Å². The summed E-state index contributed by atoms with van der Waals surface area (Å²) >= 11 is 0. The monoisotopic (exact) mass is 302 g/mol. The molecule has 0 atom stereocenters. The number of hydrogen-bond donors (Lipinski definition) is 0.